The highest BCUT2D eigenvalue weighted by atomic mass is 16.5. The van der Waals surface area contributed by atoms with Gasteiger partial charge in [0, 0.05) is 37.8 Å². The molecule has 1 fully saturated rings. The lowest BCUT2D eigenvalue weighted by molar-refractivity contribution is -0.129. The van der Waals surface area contributed by atoms with Crippen molar-refractivity contribution in [2.24, 2.45) is 0 Å². The molecule has 1 aromatic rings. The van der Waals surface area contributed by atoms with Gasteiger partial charge in [-0.15, -0.1) is 0 Å². The summed E-state index contributed by atoms with van der Waals surface area (Å²) in [5.41, 5.74) is 0.743. The Morgan fingerprint density at radius 3 is 2.55 bits per heavy atom. The molecule has 3 rings (SSSR count). The zero-order valence-corrected chi connectivity index (χ0v) is 17.1. The van der Waals surface area contributed by atoms with Crippen LogP contribution in [0.5, 0.6) is 11.5 Å². The molecule has 0 aliphatic carbocycles. The van der Waals surface area contributed by atoms with Crippen LogP contribution in [-0.2, 0) is 14.3 Å². The van der Waals surface area contributed by atoms with Gasteiger partial charge in [-0.3, -0.25) is 14.5 Å². The van der Waals surface area contributed by atoms with Gasteiger partial charge in [-0.05, 0) is 25.5 Å². The third kappa shape index (κ3) is 4.38. The Balaban J connectivity index is 1.86. The lowest BCUT2D eigenvalue weighted by atomic mass is 9.95. The number of hydrogen-bond acceptors (Lipinski definition) is 7. The maximum Gasteiger partial charge on any atom is 0.290 e. The van der Waals surface area contributed by atoms with E-state index in [4.69, 9.17) is 14.2 Å². The number of morpholine rings is 1. The van der Waals surface area contributed by atoms with E-state index in [2.05, 4.69) is 4.90 Å². The number of aliphatic hydroxyl groups is 1. The maximum absolute atomic E-state index is 12.8. The molecule has 8 heteroatoms. The third-order valence-electron chi connectivity index (χ3n) is 5.40. The Morgan fingerprint density at radius 2 is 1.93 bits per heavy atom. The fourth-order valence-electron chi connectivity index (χ4n) is 3.90. The molecule has 1 saturated heterocycles. The van der Waals surface area contributed by atoms with E-state index in [1.165, 1.54) is 14.0 Å². The molecule has 2 heterocycles. The summed E-state index contributed by atoms with van der Waals surface area (Å²) in [6, 6.07) is 4.54. The van der Waals surface area contributed by atoms with Crippen LogP contribution in [0.2, 0.25) is 0 Å². The van der Waals surface area contributed by atoms with Gasteiger partial charge < -0.3 is 24.2 Å². The van der Waals surface area contributed by atoms with Gasteiger partial charge in [0.15, 0.2) is 11.5 Å². The van der Waals surface area contributed by atoms with E-state index in [0.717, 1.165) is 26.1 Å². The SMILES string of the molecule is COc1ccc([C@@H]2C(C(C)=O)=C(O)C(=O)N2CCCN2CCOCC2)c(OC)c1. The average Bonchev–Trinajstić information content (AvgIpc) is 2.99. The molecular weight excluding hydrogens is 376 g/mol. The van der Waals surface area contributed by atoms with E-state index in [-0.39, 0.29) is 11.4 Å². The first kappa shape index (κ1) is 21.1. The molecule has 158 valence electrons. The number of carbonyl (C=O) groups excluding carboxylic acids is 2. The number of hydrogen-bond donors (Lipinski definition) is 1. The number of rotatable bonds is 8. The standard InChI is InChI=1S/C21H28N2O6/c1-14(24)18-19(16-6-5-15(27-2)13-17(16)28-3)23(21(26)20(18)25)8-4-7-22-9-11-29-12-10-22/h5-6,13,19,25H,4,7-12H2,1-3H3/t19-/m1/s1. The summed E-state index contributed by atoms with van der Waals surface area (Å²) in [4.78, 5) is 28.9. The second kappa shape index (κ2) is 9.28. The zero-order valence-electron chi connectivity index (χ0n) is 17.1. The topological polar surface area (TPSA) is 88.5 Å². The minimum absolute atomic E-state index is 0.102. The Kier molecular flexibility index (Phi) is 6.76. The van der Waals surface area contributed by atoms with Gasteiger partial charge in [0.1, 0.15) is 11.5 Å². The van der Waals surface area contributed by atoms with Crippen molar-refractivity contribution in [3.8, 4) is 11.5 Å². The molecule has 1 atom stereocenters. The van der Waals surface area contributed by atoms with Crippen LogP contribution in [0.25, 0.3) is 0 Å². The molecule has 1 N–H and O–H groups in total. The Morgan fingerprint density at radius 1 is 1.21 bits per heavy atom. The number of benzene rings is 1. The zero-order chi connectivity index (χ0) is 21.0. The minimum atomic E-state index is -0.689. The van der Waals surface area contributed by atoms with Gasteiger partial charge in [-0.1, -0.05) is 0 Å². The first-order chi connectivity index (χ1) is 14.0. The van der Waals surface area contributed by atoms with E-state index in [1.54, 1.807) is 30.2 Å². The third-order valence-corrected chi connectivity index (χ3v) is 5.40. The number of nitrogens with zero attached hydrogens (tertiary/aromatic N) is 2. The predicted molar refractivity (Wildman–Crippen MR) is 106 cm³/mol. The van der Waals surface area contributed by atoms with Crippen molar-refractivity contribution in [2.75, 3.05) is 53.6 Å². The number of aliphatic hydroxyl groups excluding tert-OH is 1. The maximum atomic E-state index is 12.8. The lowest BCUT2D eigenvalue weighted by Crippen LogP contribution is -2.39. The van der Waals surface area contributed by atoms with Crippen molar-refractivity contribution in [1.29, 1.82) is 0 Å². The fraction of sp³-hybridized carbons (Fsp3) is 0.524. The van der Waals surface area contributed by atoms with Crippen LogP contribution in [0.1, 0.15) is 24.9 Å². The van der Waals surface area contributed by atoms with Crippen LogP contribution < -0.4 is 9.47 Å². The van der Waals surface area contributed by atoms with Crippen LogP contribution in [0.3, 0.4) is 0 Å². The monoisotopic (exact) mass is 404 g/mol. The summed E-state index contributed by atoms with van der Waals surface area (Å²) in [6.45, 7) is 5.75. The lowest BCUT2D eigenvalue weighted by Gasteiger charge is -2.30. The summed E-state index contributed by atoms with van der Waals surface area (Å²) in [5, 5.41) is 10.4. The molecule has 0 unspecified atom stereocenters. The van der Waals surface area contributed by atoms with Crippen LogP contribution in [-0.4, -0.2) is 80.2 Å². The molecule has 2 aliphatic heterocycles. The quantitative estimate of drug-likeness (QED) is 0.706. The van der Waals surface area contributed by atoms with Crippen molar-refractivity contribution < 1.29 is 28.9 Å². The summed E-state index contributed by atoms with van der Waals surface area (Å²) in [5.74, 6) is -0.249. The molecule has 1 amide bonds. The van der Waals surface area contributed by atoms with Gasteiger partial charge in [-0.2, -0.15) is 0 Å². The molecule has 8 nitrogen and oxygen atoms in total. The van der Waals surface area contributed by atoms with Crippen molar-refractivity contribution in [1.82, 2.24) is 9.80 Å². The summed E-state index contributed by atoms with van der Waals surface area (Å²) in [7, 11) is 3.08. The fourth-order valence-corrected chi connectivity index (χ4v) is 3.90. The van der Waals surface area contributed by atoms with Crippen molar-refractivity contribution in [3.63, 3.8) is 0 Å². The van der Waals surface area contributed by atoms with E-state index in [9.17, 15) is 14.7 Å². The molecule has 0 radical (unpaired) electrons. The van der Waals surface area contributed by atoms with E-state index in [0.29, 0.717) is 36.8 Å². The van der Waals surface area contributed by atoms with E-state index in [1.807, 2.05) is 0 Å². The minimum Gasteiger partial charge on any atom is -0.503 e. The highest BCUT2D eigenvalue weighted by Crippen LogP contribution is 2.42. The number of ether oxygens (including phenoxy) is 3. The first-order valence-corrected chi connectivity index (χ1v) is 9.75. The Bertz CT molecular complexity index is 800. The van der Waals surface area contributed by atoms with Crippen LogP contribution in [0.4, 0.5) is 0 Å². The van der Waals surface area contributed by atoms with Crippen molar-refractivity contribution in [3.05, 3.63) is 35.1 Å². The van der Waals surface area contributed by atoms with Gasteiger partial charge in [0.2, 0.25) is 0 Å². The molecule has 29 heavy (non-hydrogen) atoms. The van der Waals surface area contributed by atoms with Gasteiger partial charge in [0.05, 0.1) is 39.0 Å². The smallest absolute Gasteiger partial charge is 0.290 e. The molecule has 1 aromatic carbocycles. The molecule has 2 aliphatic rings. The molecule has 0 aromatic heterocycles. The van der Waals surface area contributed by atoms with Crippen LogP contribution >= 0.6 is 0 Å². The molecule has 0 spiro atoms. The highest BCUT2D eigenvalue weighted by molar-refractivity contribution is 6.08. The van der Waals surface area contributed by atoms with Crippen LogP contribution in [0, 0.1) is 0 Å². The van der Waals surface area contributed by atoms with Gasteiger partial charge >= 0.3 is 0 Å². The average molecular weight is 404 g/mol. The van der Waals surface area contributed by atoms with Crippen LogP contribution in [0.15, 0.2) is 29.5 Å². The molecule has 0 saturated carbocycles. The Hall–Kier alpha value is -2.58. The Labute approximate surface area is 170 Å². The highest BCUT2D eigenvalue weighted by Gasteiger charge is 2.43. The second-order valence-corrected chi connectivity index (χ2v) is 7.13. The van der Waals surface area contributed by atoms with E-state index < -0.39 is 17.7 Å². The normalized spacial score (nSPS) is 20.3. The van der Waals surface area contributed by atoms with E-state index >= 15 is 0 Å². The van der Waals surface area contributed by atoms with Gasteiger partial charge in [-0.25, -0.2) is 0 Å². The number of methoxy groups -OCH3 is 2. The molecular formula is C21H28N2O6. The van der Waals surface area contributed by atoms with Gasteiger partial charge in [0.25, 0.3) is 5.91 Å². The van der Waals surface area contributed by atoms with Crippen molar-refractivity contribution >= 4 is 11.7 Å². The summed E-state index contributed by atoms with van der Waals surface area (Å²) >= 11 is 0. The predicted octanol–water partition coefficient (Wildman–Crippen LogP) is 1.71. The largest absolute Gasteiger partial charge is 0.503 e. The first-order valence-electron chi connectivity index (χ1n) is 9.75. The van der Waals surface area contributed by atoms with Crippen molar-refractivity contribution in [2.45, 2.75) is 19.4 Å². The summed E-state index contributed by atoms with van der Waals surface area (Å²) in [6.07, 6.45) is 0.721. The second-order valence-electron chi connectivity index (χ2n) is 7.13. The molecule has 0 bridgehead atoms. The number of carbonyl (C=O) groups is 2. The summed E-state index contributed by atoms with van der Waals surface area (Å²) < 4.78 is 16.1. The number of amides is 1. The number of Topliss-reactive ketones (excluding diaryl/α,β-unsaturated/α-hetero) is 1. The number of ketones is 1.